The fourth-order valence-electron chi connectivity index (χ4n) is 2.42. The van der Waals surface area contributed by atoms with Crippen LogP contribution in [0.1, 0.15) is 18.4 Å². The summed E-state index contributed by atoms with van der Waals surface area (Å²) >= 11 is 9.04. The van der Waals surface area contributed by atoms with Crippen molar-refractivity contribution >= 4 is 33.4 Å². The second-order valence-electron chi connectivity index (χ2n) is 4.95. The van der Waals surface area contributed by atoms with Crippen LogP contribution in [0.25, 0.3) is 0 Å². The molecule has 0 aromatic heterocycles. The molecule has 1 amide bonds. The molecule has 3 nitrogen and oxygen atoms in total. The van der Waals surface area contributed by atoms with E-state index in [9.17, 15) is 4.79 Å². The Labute approximate surface area is 133 Å². The number of hydrogen-bond donors (Lipinski definition) is 0. The molecule has 1 aromatic carbocycles. The number of rotatable bonds is 5. The van der Waals surface area contributed by atoms with Crippen LogP contribution in [0.15, 0.2) is 28.7 Å². The molecule has 1 aliphatic heterocycles. The van der Waals surface area contributed by atoms with Gasteiger partial charge in [0.25, 0.3) is 0 Å². The zero-order valence-electron chi connectivity index (χ0n) is 11.4. The normalized spacial score (nSPS) is 16.4. The molecule has 20 heavy (non-hydrogen) atoms. The summed E-state index contributed by atoms with van der Waals surface area (Å²) in [5.74, 6) is 0.723. The Morgan fingerprint density at radius 2 is 2.15 bits per heavy atom. The molecule has 0 N–H and O–H groups in total. The minimum atomic E-state index is 0.193. The Morgan fingerprint density at radius 1 is 1.40 bits per heavy atom. The first-order valence-corrected chi connectivity index (χ1v) is 8.21. The summed E-state index contributed by atoms with van der Waals surface area (Å²) in [5.41, 5.74) is 1.05. The van der Waals surface area contributed by atoms with Crippen molar-refractivity contribution in [3.8, 4) is 0 Å². The van der Waals surface area contributed by atoms with Gasteiger partial charge in [0, 0.05) is 23.4 Å². The predicted molar refractivity (Wildman–Crippen MR) is 84.1 cm³/mol. The number of carbonyl (C=O) groups is 1. The van der Waals surface area contributed by atoms with Gasteiger partial charge in [0.2, 0.25) is 5.91 Å². The molecule has 0 atom stereocenters. The third-order valence-corrected chi connectivity index (χ3v) is 4.12. The van der Waals surface area contributed by atoms with Crippen molar-refractivity contribution in [2.24, 2.45) is 0 Å². The smallest absolute Gasteiger partial charge is 0.226 e. The fraction of sp³-hybridized carbons (Fsp3) is 0.533. The SMILES string of the molecule is O=C(Cc1cccc(Br)c1)N1CCC(OCCCl)CC1. The van der Waals surface area contributed by atoms with Gasteiger partial charge in [-0.25, -0.2) is 0 Å². The molecule has 0 aliphatic carbocycles. The first-order valence-electron chi connectivity index (χ1n) is 6.89. The lowest BCUT2D eigenvalue weighted by atomic mass is 10.1. The highest BCUT2D eigenvalue weighted by Crippen LogP contribution is 2.17. The maximum atomic E-state index is 12.2. The lowest BCUT2D eigenvalue weighted by Crippen LogP contribution is -2.41. The third-order valence-electron chi connectivity index (χ3n) is 3.47. The summed E-state index contributed by atoms with van der Waals surface area (Å²) in [6.45, 7) is 2.15. The molecule has 1 saturated heterocycles. The second-order valence-corrected chi connectivity index (χ2v) is 6.24. The number of carbonyl (C=O) groups excluding carboxylic acids is 1. The number of piperidine rings is 1. The molecule has 110 valence electrons. The van der Waals surface area contributed by atoms with Crippen molar-refractivity contribution < 1.29 is 9.53 Å². The van der Waals surface area contributed by atoms with E-state index in [-0.39, 0.29) is 12.0 Å². The van der Waals surface area contributed by atoms with Crippen LogP contribution in [0.2, 0.25) is 0 Å². The number of hydrogen-bond acceptors (Lipinski definition) is 2. The topological polar surface area (TPSA) is 29.5 Å². The monoisotopic (exact) mass is 359 g/mol. The second kappa shape index (κ2) is 8.01. The molecule has 1 aliphatic rings. The van der Waals surface area contributed by atoms with Crippen molar-refractivity contribution in [2.75, 3.05) is 25.6 Å². The van der Waals surface area contributed by atoms with Gasteiger partial charge < -0.3 is 9.64 Å². The van der Waals surface area contributed by atoms with Gasteiger partial charge in [-0.3, -0.25) is 4.79 Å². The molecule has 1 aromatic rings. The number of halogens is 2. The van der Waals surface area contributed by atoms with Gasteiger partial charge in [-0.1, -0.05) is 28.1 Å². The molecular weight excluding hydrogens is 342 g/mol. The molecule has 0 bridgehead atoms. The van der Waals surface area contributed by atoms with E-state index < -0.39 is 0 Å². The van der Waals surface area contributed by atoms with E-state index in [0.717, 1.165) is 36.0 Å². The van der Waals surface area contributed by atoms with E-state index in [4.69, 9.17) is 16.3 Å². The van der Waals surface area contributed by atoms with E-state index in [0.29, 0.717) is 18.9 Å². The fourth-order valence-corrected chi connectivity index (χ4v) is 2.95. The Hall–Kier alpha value is -0.580. The van der Waals surface area contributed by atoms with E-state index >= 15 is 0 Å². The first-order chi connectivity index (χ1) is 9.69. The van der Waals surface area contributed by atoms with Crippen LogP contribution in [0.4, 0.5) is 0 Å². The number of nitrogens with zero attached hydrogens (tertiary/aromatic N) is 1. The van der Waals surface area contributed by atoms with E-state index in [2.05, 4.69) is 15.9 Å². The van der Waals surface area contributed by atoms with Crippen molar-refractivity contribution in [2.45, 2.75) is 25.4 Å². The Kier molecular flexibility index (Phi) is 6.33. The quantitative estimate of drug-likeness (QED) is 0.755. The lowest BCUT2D eigenvalue weighted by Gasteiger charge is -2.32. The molecule has 0 radical (unpaired) electrons. The van der Waals surface area contributed by atoms with Crippen LogP contribution in [0, 0.1) is 0 Å². The third kappa shape index (κ3) is 4.76. The van der Waals surface area contributed by atoms with Crippen molar-refractivity contribution in [1.82, 2.24) is 4.90 Å². The van der Waals surface area contributed by atoms with Gasteiger partial charge in [-0.05, 0) is 30.5 Å². The summed E-state index contributed by atoms with van der Waals surface area (Å²) < 4.78 is 6.63. The highest BCUT2D eigenvalue weighted by Gasteiger charge is 2.23. The molecule has 2 rings (SSSR count). The van der Waals surface area contributed by atoms with Crippen LogP contribution in [-0.4, -0.2) is 42.5 Å². The number of likely N-dealkylation sites (tertiary alicyclic amines) is 1. The van der Waals surface area contributed by atoms with E-state index in [1.807, 2.05) is 29.2 Å². The maximum absolute atomic E-state index is 12.2. The standard InChI is InChI=1S/C15H19BrClNO2/c16-13-3-1-2-12(10-13)11-15(19)18-7-4-14(5-8-18)20-9-6-17/h1-3,10,14H,4-9,11H2. The van der Waals surface area contributed by atoms with Gasteiger partial charge in [-0.2, -0.15) is 0 Å². The zero-order valence-corrected chi connectivity index (χ0v) is 13.7. The number of amides is 1. The van der Waals surface area contributed by atoms with Crippen molar-refractivity contribution in [3.05, 3.63) is 34.3 Å². The summed E-state index contributed by atoms with van der Waals surface area (Å²) in [7, 11) is 0. The van der Waals surface area contributed by atoms with Gasteiger partial charge in [0.1, 0.15) is 0 Å². The molecule has 1 heterocycles. The predicted octanol–water partition coefficient (Wildman–Crippen LogP) is 3.24. The van der Waals surface area contributed by atoms with Gasteiger partial charge in [0.05, 0.1) is 19.1 Å². The zero-order chi connectivity index (χ0) is 14.4. The Bertz CT molecular complexity index is 447. The summed E-state index contributed by atoms with van der Waals surface area (Å²) in [6, 6.07) is 7.90. The summed E-state index contributed by atoms with van der Waals surface area (Å²) in [4.78, 5) is 14.2. The van der Waals surface area contributed by atoms with Crippen LogP contribution in [0.5, 0.6) is 0 Å². The largest absolute Gasteiger partial charge is 0.377 e. The molecule has 0 saturated carbocycles. The van der Waals surface area contributed by atoms with Crippen LogP contribution < -0.4 is 0 Å². The molecule has 1 fully saturated rings. The maximum Gasteiger partial charge on any atom is 0.226 e. The first kappa shape index (κ1) is 15.8. The highest BCUT2D eigenvalue weighted by atomic mass is 79.9. The van der Waals surface area contributed by atoms with E-state index in [1.54, 1.807) is 0 Å². The average Bonchev–Trinajstić information content (AvgIpc) is 2.45. The van der Waals surface area contributed by atoms with Crippen molar-refractivity contribution in [3.63, 3.8) is 0 Å². The molecular formula is C15H19BrClNO2. The Morgan fingerprint density at radius 3 is 2.80 bits per heavy atom. The number of ether oxygens (including phenoxy) is 1. The van der Waals surface area contributed by atoms with Crippen molar-refractivity contribution in [1.29, 1.82) is 0 Å². The molecule has 0 unspecified atom stereocenters. The van der Waals surface area contributed by atoms with Crippen LogP contribution >= 0.6 is 27.5 Å². The lowest BCUT2D eigenvalue weighted by molar-refractivity contribution is -0.133. The minimum Gasteiger partial charge on any atom is -0.377 e. The molecule has 5 heteroatoms. The van der Waals surface area contributed by atoms with E-state index in [1.165, 1.54) is 0 Å². The molecule has 0 spiro atoms. The number of benzene rings is 1. The number of alkyl halides is 1. The highest BCUT2D eigenvalue weighted by molar-refractivity contribution is 9.10. The summed E-state index contributed by atoms with van der Waals surface area (Å²) in [6.07, 6.45) is 2.53. The van der Waals surface area contributed by atoms with Gasteiger partial charge in [0.15, 0.2) is 0 Å². The van der Waals surface area contributed by atoms with Crippen LogP contribution in [-0.2, 0) is 16.0 Å². The Balaban J connectivity index is 1.80. The van der Waals surface area contributed by atoms with Crippen LogP contribution in [0.3, 0.4) is 0 Å². The van der Waals surface area contributed by atoms with Gasteiger partial charge >= 0.3 is 0 Å². The summed E-state index contributed by atoms with van der Waals surface area (Å²) in [5, 5.41) is 0. The van der Waals surface area contributed by atoms with Gasteiger partial charge in [-0.15, -0.1) is 11.6 Å². The average molecular weight is 361 g/mol. The minimum absolute atomic E-state index is 0.193.